The number of thiophene rings is 1. The van der Waals surface area contributed by atoms with Crippen molar-refractivity contribution in [2.24, 2.45) is 5.92 Å². The SMILES string of the molecule is Cc1c(C(=O)NCCN2CCC(C)CC2)sc2ncnc(N3CCN(C)CC3)c12. The Kier molecular flexibility index (Phi) is 6.32. The number of rotatable bonds is 5. The highest BCUT2D eigenvalue weighted by atomic mass is 32.1. The Morgan fingerprint density at radius 3 is 2.62 bits per heavy atom. The lowest BCUT2D eigenvalue weighted by Gasteiger charge is -2.33. The normalized spacial score (nSPS) is 19.8. The number of piperazine rings is 1. The van der Waals surface area contributed by atoms with E-state index in [9.17, 15) is 4.79 Å². The van der Waals surface area contributed by atoms with Crippen molar-refractivity contribution in [3.05, 3.63) is 16.8 Å². The van der Waals surface area contributed by atoms with Gasteiger partial charge in [-0.15, -0.1) is 11.3 Å². The molecular weight excluding hydrogens is 384 g/mol. The van der Waals surface area contributed by atoms with E-state index >= 15 is 0 Å². The molecule has 2 fully saturated rings. The van der Waals surface area contributed by atoms with E-state index in [1.54, 1.807) is 6.33 Å². The average molecular weight is 417 g/mol. The predicted octanol–water partition coefficient (Wildman–Crippen LogP) is 2.21. The lowest BCUT2D eigenvalue weighted by atomic mass is 9.99. The molecule has 2 aromatic rings. The first-order valence-corrected chi connectivity index (χ1v) is 11.5. The zero-order valence-electron chi connectivity index (χ0n) is 17.8. The molecule has 0 aromatic carbocycles. The number of aryl methyl sites for hydroxylation is 1. The molecule has 158 valence electrons. The molecule has 7 nitrogen and oxygen atoms in total. The first kappa shape index (κ1) is 20.5. The van der Waals surface area contributed by atoms with E-state index in [4.69, 9.17) is 0 Å². The molecule has 0 spiro atoms. The fourth-order valence-corrected chi connectivity index (χ4v) is 5.28. The van der Waals surface area contributed by atoms with Gasteiger partial charge in [0.15, 0.2) is 0 Å². The number of fused-ring (bicyclic) bond motifs is 1. The van der Waals surface area contributed by atoms with Crippen LogP contribution in [-0.2, 0) is 0 Å². The van der Waals surface area contributed by atoms with Crippen LogP contribution in [-0.4, -0.2) is 85.1 Å². The van der Waals surface area contributed by atoms with Crippen LogP contribution in [0, 0.1) is 12.8 Å². The Labute approximate surface area is 177 Å². The van der Waals surface area contributed by atoms with E-state index in [2.05, 4.69) is 44.0 Å². The summed E-state index contributed by atoms with van der Waals surface area (Å²) in [5, 5.41) is 4.16. The molecule has 4 heterocycles. The molecule has 0 unspecified atom stereocenters. The summed E-state index contributed by atoms with van der Waals surface area (Å²) in [7, 11) is 2.15. The maximum Gasteiger partial charge on any atom is 0.261 e. The maximum absolute atomic E-state index is 12.9. The molecule has 2 saturated heterocycles. The molecule has 8 heteroatoms. The van der Waals surface area contributed by atoms with Crippen molar-refractivity contribution in [2.45, 2.75) is 26.7 Å². The molecule has 2 aliphatic heterocycles. The summed E-state index contributed by atoms with van der Waals surface area (Å²) in [4.78, 5) is 30.7. The molecule has 0 radical (unpaired) electrons. The van der Waals surface area contributed by atoms with Crippen molar-refractivity contribution in [2.75, 3.05) is 64.3 Å². The molecule has 1 amide bonds. The third kappa shape index (κ3) is 4.54. The van der Waals surface area contributed by atoms with Gasteiger partial charge in [-0.25, -0.2) is 9.97 Å². The van der Waals surface area contributed by atoms with Crippen LogP contribution in [0.25, 0.3) is 10.2 Å². The number of nitrogens with one attached hydrogen (secondary N) is 1. The minimum atomic E-state index is 0.0141. The van der Waals surface area contributed by atoms with E-state index in [-0.39, 0.29) is 5.91 Å². The number of aromatic nitrogens is 2. The molecular formula is C21H32N6OS. The number of piperidine rings is 1. The summed E-state index contributed by atoms with van der Waals surface area (Å²) in [6, 6.07) is 0. The Bertz CT molecular complexity index is 852. The van der Waals surface area contributed by atoms with Gasteiger partial charge < -0.3 is 20.0 Å². The fourth-order valence-electron chi connectivity index (χ4n) is 4.22. The van der Waals surface area contributed by atoms with Gasteiger partial charge in [-0.3, -0.25) is 4.79 Å². The minimum Gasteiger partial charge on any atom is -0.353 e. The summed E-state index contributed by atoms with van der Waals surface area (Å²) in [6.45, 7) is 12.2. The smallest absolute Gasteiger partial charge is 0.261 e. The zero-order valence-corrected chi connectivity index (χ0v) is 18.6. The molecule has 2 aromatic heterocycles. The van der Waals surface area contributed by atoms with Gasteiger partial charge in [-0.2, -0.15) is 0 Å². The van der Waals surface area contributed by atoms with Gasteiger partial charge in [0.05, 0.1) is 10.3 Å². The largest absolute Gasteiger partial charge is 0.353 e. The van der Waals surface area contributed by atoms with Crippen LogP contribution in [0.1, 0.15) is 35.0 Å². The van der Waals surface area contributed by atoms with E-state index in [0.717, 1.165) is 78.2 Å². The fraction of sp³-hybridized carbons (Fsp3) is 0.667. The van der Waals surface area contributed by atoms with Crippen molar-refractivity contribution in [1.29, 1.82) is 0 Å². The van der Waals surface area contributed by atoms with Gasteiger partial charge in [0.25, 0.3) is 5.91 Å². The molecule has 1 N–H and O–H groups in total. The molecule has 29 heavy (non-hydrogen) atoms. The average Bonchev–Trinajstić information content (AvgIpc) is 3.07. The van der Waals surface area contributed by atoms with E-state index in [1.165, 1.54) is 24.2 Å². The third-order valence-electron chi connectivity index (χ3n) is 6.31. The topological polar surface area (TPSA) is 64.6 Å². The van der Waals surface area contributed by atoms with Crippen molar-refractivity contribution < 1.29 is 4.79 Å². The van der Waals surface area contributed by atoms with Crippen LogP contribution in [0.5, 0.6) is 0 Å². The third-order valence-corrected chi connectivity index (χ3v) is 7.50. The van der Waals surface area contributed by atoms with Crippen LogP contribution in [0.15, 0.2) is 6.33 Å². The van der Waals surface area contributed by atoms with Crippen molar-refractivity contribution in [3.8, 4) is 0 Å². The lowest BCUT2D eigenvalue weighted by Crippen LogP contribution is -2.44. The number of likely N-dealkylation sites (N-methyl/N-ethyl adjacent to an activating group) is 1. The Hall–Kier alpha value is -1.77. The highest BCUT2D eigenvalue weighted by Crippen LogP contribution is 2.35. The monoisotopic (exact) mass is 416 g/mol. The van der Waals surface area contributed by atoms with Crippen LogP contribution in [0.3, 0.4) is 0 Å². The highest BCUT2D eigenvalue weighted by molar-refractivity contribution is 7.20. The molecule has 0 atom stereocenters. The van der Waals surface area contributed by atoms with Crippen molar-refractivity contribution in [3.63, 3.8) is 0 Å². The highest BCUT2D eigenvalue weighted by Gasteiger charge is 2.24. The summed E-state index contributed by atoms with van der Waals surface area (Å²) in [6.07, 6.45) is 4.15. The van der Waals surface area contributed by atoms with Gasteiger partial charge in [-0.05, 0) is 51.4 Å². The first-order chi connectivity index (χ1) is 14.0. The minimum absolute atomic E-state index is 0.0141. The molecule has 0 aliphatic carbocycles. The zero-order chi connectivity index (χ0) is 20.4. The molecule has 0 saturated carbocycles. The Balaban J connectivity index is 1.44. The number of carbonyl (C=O) groups excluding carboxylic acids is 1. The summed E-state index contributed by atoms with van der Waals surface area (Å²) in [5.41, 5.74) is 1.00. The Morgan fingerprint density at radius 1 is 1.17 bits per heavy atom. The standard InChI is InChI=1S/C21H32N6OS/c1-15-4-7-26(8-5-15)9-6-22-20(28)18-16(2)17-19(23-14-24-21(17)29-18)27-12-10-25(3)11-13-27/h14-15H,4-13H2,1-3H3,(H,22,28). The predicted molar refractivity (Wildman–Crippen MR) is 119 cm³/mol. The van der Waals surface area contributed by atoms with Crippen molar-refractivity contribution >= 4 is 33.3 Å². The van der Waals surface area contributed by atoms with Crippen LogP contribution >= 0.6 is 11.3 Å². The number of hydrogen-bond acceptors (Lipinski definition) is 7. The second kappa shape index (κ2) is 8.93. The Morgan fingerprint density at radius 2 is 1.90 bits per heavy atom. The van der Waals surface area contributed by atoms with Gasteiger partial charge in [0.2, 0.25) is 0 Å². The number of likely N-dealkylation sites (tertiary alicyclic amines) is 1. The summed E-state index contributed by atoms with van der Waals surface area (Å²) < 4.78 is 0. The number of hydrogen-bond donors (Lipinski definition) is 1. The first-order valence-electron chi connectivity index (χ1n) is 10.7. The van der Waals surface area contributed by atoms with Gasteiger partial charge in [-0.1, -0.05) is 6.92 Å². The van der Waals surface area contributed by atoms with Gasteiger partial charge in [0.1, 0.15) is 17.0 Å². The van der Waals surface area contributed by atoms with Crippen LogP contribution in [0.4, 0.5) is 5.82 Å². The van der Waals surface area contributed by atoms with Gasteiger partial charge in [0, 0.05) is 39.3 Å². The summed E-state index contributed by atoms with van der Waals surface area (Å²) in [5.74, 6) is 1.82. The van der Waals surface area contributed by atoms with E-state index in [0.29, 0.717) is 6.54 Å². The van der Waals surface area contributed by atoms with Crippen molar-refractivity contribution in [1.82, 2.24) is 25.1 Å². The number of amides is 1. The van der Waals surface area contributed by atoms with Gasteiger partial charge >= 0.3 is 0 Å². The molecule has 2 aliphatic rings. The second-order valence-electron chi connectivity index (χ2n) is 8.50. The lowest BCUT2D eigenvalue weighted by molar-refractivity contribution is 0.0948. The number of nitrogens with zero attached hydrogens (tertiary/aromatic N) is 5. The number of carbonyl (C=O) groups is 1. The van der Waals surface area contributed by atoms with E-state index in [1.807, 2.05) is 6.92 Å². The second-order valence-corrected chi connectivity index (χ2v) is 9.50. The van der Waals surface area contributed by atoms with Crippen LogP contribution < -0.4 is 10.2 Å². The quantitative estimate of drug-likeness (QED) is 0.806. The van der Waals surface area contributed by atoms with E-state index < -0.39 is 0 Å². The number of anilines is 1. The van der Waals surface area contributed by atoms with Crippen LogP contribution in [0.2, 0.25) is 0 Å². The summed E-state index contributed by atoms with van der Waals surface area (Å²) >= 11 is 1.48. The molecule has 4 rings (SSSR count). The molecule has 0 bridgehead atoms. The maximum atomic E-state index is 12.9.